The normalized spacial score (nSPS) is 10.2. The van der Waals surface area contributed by atoms with E-state index in [4.69, 9.17) is 5.11 Å². The van der Waals surface area contributed by atoms with Crippen LogP contribution in [0.5, 0.6) is 0 Å². The van der Waals surface area contributed by atoms with E-state index < -0.39 is 0 Å². The summed E-state index contributed by atoms with van der Waals surface area (Å²) in [4.78, 5) is 0. The average Bonchev–Trinajstić information content (AvgIpc) is 2.01. The van der Waals surface area contributed by atoms with Gasteiger partial charge in [-0.3, -0.25) is 0 Å². The molecule has 0 heterocycles. The second-order valence-corrected chi connectivity index (χ2v) is 3.64. The van der Waals surface area contributed by atoms with E-state index in [0.29, 0.717) is 14.5 Å². The number of aliphatic hydroxyl groups excluding tert-OH is 1. The molecule has 0 atom stereocenters. The first-order valence-corrected chi connectivity index (χ1v) is 4.48. The Balaban J connectivity index is 3.25. The summed E-state index contributed by atoms with van der Waals surface area (Å²) >= 11 is 6.05. The molecule has 0 amide bonds. The van der Waals surface area contributed by atoms with Crippen LogP contribution in [-0.2, 0) is 6.61 Å². The number of hydrogen-bond acceptors (Lipinski definition) is 1. The van der Waals surface area contributed by atoms with E-state index in [1.54, 1.807) is 12.1 Å². The Labute approximate surface area is 80.5 Å². The molecular formula is C7H5Br2FO. The maximum absolute atomic E-state index is 13.0. The van der Waals surface area contributed by atoms with Crippen LogP contribution in [-0.4, -0.2) is 5.11 Å². The molecule has 0 unspecified atom stereocenters. The summed E-state index contributed by atoms with van der Waals surface area (Å²) in [6.45, 7) is -0.162. The van der Waals surface area contributed by atoms with Gasteiger partial charge in [-0.15, -0.1) is 0 Å². The lowest BCUT2D eigenvalue weighted by Crippen LogP contribution is -1.89. The van der Waals surface area contributed by atoms with Crippen molar-refractivity contribution in [2.24, 2.45) is 0 Å². The van der Waals surface area contributed by atoms with Gasteiger partial charge in [0, 0.05) is 0 Å². The fraction of sp³-hybridized carbons (Fsp3) is 0.143. The summed E-state index contributed by atoms with van der Waals surface area (Å²) in [5.74, 6) is -0.378. The third-order valence-corrected chi connectivity index (χ3v) is 2.76. The standard InChI is InChI=1S/C7H5Br2FO/c8-5-2-1-4(3-11)6(9)7(5)10/h1-2,11H,3H2. The molecule has 0 spiro atoms. The molecule has 0 saturated heterocycles. The fourth-order valence-electron chi connectivity index (χ4n) is 0.688. The van der Waals surface area contributed by atoms with Crippen LogP contribution >= 0.6 is 31.9 Å². The number of rotatable bonds is 1. The van der Waals surface area contributed by atoms with Gasteiger partial charge in [-0.2, -0.15) is 0 Å². The van der Waals surface area contributed by atoms with Crippen molar-refractivity contribution in [3.8, 4) is 0 Å². The minimum absolute atomic E-state index is 0.162. The lowest BCUT2D eigenvalue weighted by molar-refractivity contribution is 0.280. The van der Waals surface area contributed by atoms with Crippen LogP contribution in [0.4, 0.5) is 4.39 Å². The minimum atomic E-state index is -0.378. The van der Waals surface area contributed by atoms with Gasteiger partial charge >= 0.3 is 0 Å². The van der Waals surface area contributed by atoms with E-state index in [1.165, 1.54) is 0 Å². The Morgan fingerprint density at radius 3 is 2.55 bits per heavy atom. The highest BCUT2D eigenvalue weighted by molar-refractivity contribution is 9.11. The average molecular weight is 284 g/mol. The van der Waals surface area contributed by atoms with Crippen LogP contribution < -0.4 is 0 Å². The number of aliphatic hydroxyl groups is 1. The summed E-state index contributed by atoms with van der Waals surface area (Å²) in [7, 11) is 0. The van der Waals surface area contributed by atoms with E-state index >= 15 is 0 Å². The van der Waals surface area contributed by atoms with Gasteiger partial charge in [0.15, 0.2) is 5.82 Å². The lowest BCUT2D eigenvalue weighted by atomic mass is 10.2. The molecule has 0 radical (unpaired) electrons. The van der Waals surface area contributed by atoms with Crippen molar-refractivity contribution in [2.45, 2.75) is 6.61 Å². The van der Waals surface area contributed by atoms with Crippen LogP contribution in [0.2, 0.25) is 0 Å². The van der Waals surface area contributed by atoms with Crippen LogP contribution in [0, 0.1) is 5.82 Å². The molecule has 0 aliphatic rings. The molecule has 1 aromatic rings. The highest BCUT2D eigenvalue weighted by Crippen LogP contribution is 2.26. The number of benzene rings is 1. The van der Waals surface area contributed by atoms with Crippen LogP contribution in [0.15, 0.2) is 21.1 Å². The Morgan fingerprint density at radius 2 is 2.00 bits per heavy atom. The molecule has 0 fully saturated rings. The first-order chi connectivity index (χ1) is 5.16. The highest BCUT2D eigenvalue weighted by atomic mass is 79.9. The van der Waals surface area contributed by atoms with Gasteiger partial charge < -0.3 is 5.11 Å². The smallest absolute Gasteiger partial charge is 0.151 e. The van der Waals surface area contributed by atoms with Gasteiger partial charge in [0.25, 0.3) is 0 Å². The van der Waals surface area contributed by atoms with Crippen molar-refractivity contribution in [1.82, 2.24) is 0 Å². The molecule has 0 aromatic heterocycles. The molecule has 1 aromatic carbocycles. The third-order valence-electron chi connectivity index (χ3n) is 1.29. The van der Waals surface area contributed by atoms with Crippen molar-refractivity contribution < 1.29 is 9.50 Å². The summed E-state index contributed by atoms with van der Waals surface area (Å²) < 4.78 is 13.7. The molecule has 1 nitrogen and oxygen atoms in total. The molecule has 0 aliphatic heterocycles. The lowest BCUT2D eigenvalue weighted by Gasteiger charge is -2.02. The van der Waals surface area contributed by atoms with Crippen molar-refractivity contribution in [3.63, 3.8) is 0 Å². The minimum Gasteiger partial charge on any atom is -0.392 e. The van der Waals surface area contributed by atoms with Gasteiger partial charge in [-0.25, -0.2) is 4.39 Å². The van der Waals surface area contributed by atoms with Gasteiger partial charge in [0.1, 0.15) is 0 Å². The molecule has 0 bridgehead atoms. The SMILES string of the molecule is OCc1ccc(Br)c(F)c1Br. The van der Waals surface area contributed by atoms with Crippen molar-refractivity contribution in [2.75, 3.05) is 0 Å². The zero-order valence-electron chi connectivity index (χ0n) is 5.44. The van der Waals surface area contributed by atoms with E-state index in [1.807, 2.05) is 0 Å². The first kappa shape index (κ1) is 9.16. The van der Waals surface area contributed by atoms with Crippen LogP contribution in [0.3, 0.4) is 0 Å². The van der Waals surface area contributed by atoms with Gasteiger partial charge in [-0.1, -0.05) is 6.07 Å². The number of halogens is 3. The van der Waals surface area contributed by atoms with Crippen LogP contribution in [0.1, 0.15) is 5.56 Å². The maximum Gasteiger partial charge on any atom is 0.151 e. The Bertz CT molecular complexity index is 275. The highest BCUT2D eigenvalue weighted by Gasteiger charge is 2.07. The Hall–Kier alpha value is 0.0700. The van der Waals surface area contributed by atoms with Crippen molar-refractivity contribution >= 4 is 31.9 Å². The topological polar surface area (TPSA) is 20.2 Å². The maximum atomic E-state index is 13.0. The van der Waals surface area contributed by atoms with Gasteiger partial charge in [0.05, 0.1) is 15.6 Å². The largest absolute Gasteiger partial charge is 0.392 e. The Morgan fingerprint density at radius 1 is 1.36 bits per heavy atom. The summed E-state index contributed by atoms with van der Waals surface area (Å²) in [5.41, 5.74) is 0.547. The Kier molecular flexibility index (Phi) is 3.04. The van der Waals surface area contributed by atoms with Gasteiger partial charge in [0.2, 0.25) is 0 Å². The molecular weight excluding hydrogens is 279 g/mol. The second-order valence-electron chi connectivity index (χ2n) is 1.99. The molecule has 60 valence electrons. The third kappa shape index (κ3) is 1.80. The molecule has 1 N–H and O–H groups in total. The van der Waals surface area contributed by atoms with E-state index in [9.17, 15) is 4.39 Å². The summed E-state index contributed by atoms with van der Waals surface area (Å²) in [6, 6.07) is 3.21. The van der Waals surface area contributed by atoms with Crippen molar-refractivity contribution in [3.05, 3.63) is 32.5 Å². The predicted molar refractivity (Wildman–Crippen MR) is 47.7 cm³/mol. The second kappa shape index (κ2) is 3.65. The summed E-state index contributed by atoms with van der Waals surface area (Å²) in [6.07, 6.45) is 0. The quantitative estimate of drug-likeness (QED) is 0.786. The fourth-order valence-corrected chi connectivity index (χ4v) is 1.76. The molecule has 4 heteroatoms. The monoisotopic (exact) mass is 282 g/mol. The predicted octanol–water partition coefficient (Wildman–Crippen LogP) is 2.84. The molecule has 11 heavy (non-hydrogen) atoms. The van der Waals surface area contributed by atoms with Crippen LogP contribution in [0.25, 0.3) is 0 Å². The van der Waals surface area contributed by atoms with Crippen molar-refractivity contribution in [1.29, 1.82) is 0 Å². The summed E-state index contributed by atoms with van der Waals surface area (Å²) in [5, 5.41) is 8.72. The van der Waals surface area contributed by atoms with E-state index in [-0.39, 0.29) is 12.4 Å². The molecule has 0 aliphatic carbocycles. The first-order valence-electron chi connectivity index (χ1n) is 2.90. The zero-order valence-corrected chi connectivity index (χ0v) is 8.61. The number of hydrogen-bond donors (Lipinski definition) is 1. The molecule has 0 saturated carbocycles. The molecule has 1 rings (SSSR count). The van der Waals surface area contributed by atoms with E-state index in [0.717, 1.165) is 0 Å². The zero-order chi connectivity index (χ0) is 8.43. The van der Waals surface area contributed by atoms with E-state index in [2.05, 4.69) is 31.9 Å². The van der Waals surface area contributed by atoms with Gasteiger partial charge in [-0.05, 0) is 43.5 Å².